The molecule has 8 nitrogen and oxygen atoms in total. The Bertz CT molecular complexity index is 1230. The number of hydrogen-bond acceptors (Lipinski definition) is 5. The van der Waals surface area contributed by atoms with Crippen molar-refractivity contribution in [3.05, 3.63) is 65.1 Å². The molecule has 5 heterocycles. The number of fused-ring (bicyclic) bond motifs is 4. The lowest BCUT2D eigenvalue weighted by molar-refractivity contribution is 0.186. The van der Waals surface area contributed by atoms with E-state index in [1.54, 1.807) is 28.4 Å². The van der Waals surface area contributed by atoms with Gasteiger partial charge in [0.1, 0.15) is 0 Å². The molecule has 0 saturated carbocycles. The van der Waals surface area contributed by atoms with Gasteiger partial charge >= 0.3 is 0 Å². The highest BCUT2D eigenvalue weighted by Gasteiger charge is 2.40. The van der Waals surface area contributed by atoms with Gasteiger partial charge in [-0.3, -0.25) is 9.78 Å². The summed E-state index contributed by atoms with van der Waals surface area (Å²) in [5, 5.41) is 0.0691. The quantitative estimate of drug-likeness (QED) is 0.651. The summed E-state index contributed by atoms with van der Waals surface area (Å²) in [7, 11) is -1.91. The Balaban J connectivity index is 1.53. The lowest BCUT2D eigenvalue weighted by atomic mass is 9.83. The fourth-order valence-electron chi connectivity index (χ4n) is 4.45. The van der Waals surface area contributed by atoms with E-state index in [9.17, 15) is 13.2 Å². The molecule has 5 rings (SSSR count). The Kier molecular flexibility index (Phi) is 4.18. The van der Waals surface area contributed by atoms with Crippen LogP contribution in [0.15, 0.2) is 58.9 Å². The summed E-state index contributed by atoms with van der Waals surface area (Å²) >= 11 is 0. The third kappa shape index (κ3) is 3.10. The van der Waals surface area contributed by atoms with Crippen LogP contribution < -0.4 is 5.56 Å². The van der Waals surface area contributed by atoms with Gasteiger partial charge in [-0.1, -0.05) is 6.07 Å². The minimum absolute atomic E-state index is 0.0302. The fraction of sp³-hybridized carbons (Fsp3) is 0.350. The third-order valence-corrected chi connectivity index (χ3v) is 7.49. The van der Waals surface area contributed by atoms with Crippen LogP contribution in [0.25, 0.3) is 11.3 Å². The van der Waals surface area contributed by atoms with Gasteiger partial charge in [0.15, 0.2) is 5.03 Å². The topological polar surface area (TPSA) is 90.1 Å². The first-order valence-electron chi connectivity index (χ1n) is 9.56. The van der Waals surface area contributed by atoms with E-state index >= 15 is 0 Å². The second kappa shape index (κ2) is 6.64. The summed E-state index contributed by atoms with van der Waals surface area (Å²) < 4.78 is 31.1. The van der Waals surface area contributed by atoms with Crippen molar-refractivity contribution in [2.45, 2.75) is 23.9 Å². The standard InChI is InChI=1S/C20H21N5O3S/c1-23-12-19(22-13-23)29(27,28)24-9-14-6-16(11-24)18-7-15(8-20(26)25(18)10-14)17-4-2-3-5-21-17/h2-5,7-8,12-14,16H,6,9-11H2,1H3/t14-,16+/m0/s1. The number of aryl methyl sites for hydroxylation is 1. The van der Waals surface area contributed by atoms with Gasteiger partial charge in [-0.2, -0.15) is 4.31 Å². The lowest BCUT2D eigenvalue weighted by Gasteiger charge is -2.41. The Morgan fingerprint density at radius 1 is 1.10 bits per heavy atom. The number of rotatable bonds is 3. The Hall–Kier alpha value is -2.78. The van der Waals surface area contributed by atoms with Crippen molar-refractivity contribution >= 4 is 10.0 Å². The maximum absolute atomic E-state index is 13.1. The molecule has 2 bridgehead atoms. The molecular formula is C20H21N5O3S. The van der Waals surface area contributed by atoms with Crippen LogP contribution in [-0.4, -0.2) is 44.9 Å². The van der Waals surface area contributed by atoms with Crippen LogP contribution in [0, 0.1) is 5.92 Å². The normalized spacial score (nSPS) is 21.7. The third-order valence-electron chi connectivity index (χ3n) is 5.77. The van der Waals surface area contributed by atoms with Gasteiger partial charge in [-0.25, -0.2) is 13.4 Å². The molecule has 1 saturated heterocycles. The number of imidazole rings is 1. The van der Waals surface area contributed by atoms with Gasteiger partial charge in [-0.05, 0) is 30.5 Å². The first-order chi connectivity index (χ1) is 13.9. The van der Waals surface area contributed by atoms with E-state index in [2.05, 4.69) is 9.97 Å². The van der Waals surface area contributed by atoms with Gasteiger partial charge in [0.2, 0.25) is 0 Å². The Morgan fingerprint density at radius 2 is 1.97 bits per heavy atom. The molecule has 2 aliphatic rings. The summed E-state index contributed by atoms with van der Waals surface area (Å²) in [4.78, 5) is 21.2. The van der Waals surface area contributed by atoms with Crippen LogP contribution >= 0.6 is 0 Å². The molecule has 0 N–H and O–H groups in total. The minimum atomic E-state index is -3.66. The van der Waals surface area contributed by atoms with Gasteiger partial charge in [0.05, 0.1) is 12.0 Å². The number of pyridine rings is 2. The summed E-state index contributed by atoms with van der Waals surface area (Å²) in [5.41, 5.74) is 2.34. The van der Waals surface area contributed by atoms with E-state index in [4.69, 9.17) is 0 Å². The van der Waals surface area contributed by atoms with Crippen molar-refractivity contribution in [2.24, 2.45) is 13.0 Å². The van der Waals surface area contributed by atoms with Crippen LogP contribution in [0.2, 0.25) is 0 Å². The Labute approximate surface area is 168 Å². The van der Waals surface area contributed by atoms with Crippen molar-refractivity contribution in [3.8, 4) is 11.3 Å². The molecule has 1 fully saturated rings. The highest BCUT2D eigenvalue weighted by Crippen LogP contribution is 2.38. The van der Waals surface area contributed by atoms with Crippen molar-refractivity contribution in [1.82, 2.24) is 23.4 Å². The van der Waals surface area contributed by atoms with Crippen molar-refractivity contribution in [1.29, 1.82) is 0 Å². The van der Waals surface area contributed by atoms with Crippen molar-refractivity contribution in [2.75, 3.05) is 13.1 Å². The van der Waals surface area contributed by atoms with E-state index in [0.29, 0.717) is 19.6 Å². The molecule has 3 aromatic rings. The maximum Gasteiger partial charge on any atom is 0.262 e. The second-order valence-electron chi connectivity index (χ2n) is 7.83. The number of nitrogens with zero attached hydrogens (tertiary/aromatic N) is 5. The molecule has 0 spiro atoms. The summed E-state index contributed by atoms with van der Waals surface area (Å²) in [5.74, 6) is 0.0792. The highest BCUT2D eigenvalue weighted by atomic mass is 32.2. The van der Waals surface area contributed by atoms with E-state index < -0.39 is 10.0 Å². The maximum atomic E-state index is 13.1. The van der Waals surface area contributed by atoms with Gasteiger partial charge in [0.25, 0.3) is 15.6 Å². The number of hydrogen-bond donors (Lipinski definition) is 0. The fourth-order valence-corrected chi connectivity index (χ4v) is 5.97. The predicted octanol–water partition coefficient (Wildman–Crippen LogP) is 1.45. The number of piperidine rings is 1. The van der Waals surface area contributed by atoms with Crippen molar-refractivity contribution < 1.29 is 8.42 Å². The largest absolute Gasteiger partial charge is 0.339 e. The average Bonchev–Trinajstić information content (AvgIpc) is 3.16. The molecule has 2 aliphatic heterocycles. The number of aromatic nitrogens is 4. The first kappa shape index (κ1) is 18.3. The molecule has 150 valence electrons. The first-order valence-corrected chi connectivity index (χ1v) is 11.0. The smallest absolute Gasteiger partial charge is 0.262 e. The average molecular weight is 411 g/mol. The molecule has 0 amide bonds. The van der Waals surface area contributed by atoms with E-state index in [0.717, 1.165) is 23.4 Å². The zero-order chi connectivity index (χ0) is 20.2. The molecule has 0 aliphatic carbocycles. The minimum Gasteiger partial charge on any atom is -0.339 e. The molecule has 29 heavy (non-hydrogen) atoms. The van der Waals surface area contributed by atoms with Crippen LogP contribution in [0.1, 0.15) is 18.0 Å². The molecule has 0 radical (unpaired) electrons. The SMILES string of the molecule is Cn1cnc(S(=O)(=O)N2C[C@@H]3C[C@H](C2)c2cc(-c4ccccn4)cc(=O)n2C3)c1. The molecule has 9 heteroatoms. The molecule has 2 atom stereocenters. The zero-order valence-electron chi connectivity index (χ0n) is 16.0. The van der Waals surface area contributed by atoms with Gasteiger partial charge in [-0.15, -0.1) is 0 Å². The van der Waals surface area contributed by atoms with Gasteiger partial charge in [0, 0.05) is 62.3 Å². The van der Waals surface area contributed by atoms with Crippen LogP contribution in [0.4, 0.5) is 0 Å². The summed E-state index contributed by atoms with van der Waals surface area (Å²) in [6.45, 7) is 1.28. The number of sulfonamides is 1. The molecular weight excluding hydrogens is 390 g/mol. The van der Waals surface area contributed by atoms with E-state index in [1.807, 2.05) is 24.3 Å². The predicted molar refractivity (Wildman–Crippen MR) is 107 cm³/mol. The summed E-state index contributed by atoms with van der Waals surface area (Å²) in [6.07, 6.45) is 5.59. The zero-order valence-corrected chi connectivity index (χ0v) is 16.8. The van der Waals surface area contributed by atoms with Crippen LogP contribution in [-0.2, 0) is 23.6 Å². The highest BCUT2D eigenvalue weighted by molar-refractivity contribution is 7.89. The Morgan fingerprint density at radius 3 is 2.69 bits per heavy atom. The van der Waals surface area contributed by atoms with Crippen LogP contribution in [0.3, 0.4) is 0 Å². The van der Waals surface area contributed by atoms with Gasteiger partial charge < -0.3 is 9.13 Å². The second-order valence-corrected chi connectivity index (χ2v) is 9.72. The summed E-state index contributed by atoms with van der Waals surface area (Å²) in [6, 6.07) is 9.20. The molecule has 0 unspecified atom stereocenters. The van der Waals surface area contributed by atoms with Crippen molar-refractivity contribution in [3.63, 3.8) is 0 Å². The van der Waals surface area contributed by atoms with Crippen LogP contribution in [0.5, 0.6) is 0 Å². The lowest BCUT2D eigenvalue weighted by Crippen LogP contribution is -2.49. The van der Waals surface area contributed by atoms with E-state index in [-0.39, 0.29) is 22.4 Å². The monoisotopic (exact) mass is 411 g/mol. The molecule has 0 aromatic carbocycles. The molecule has 3 aromatic heterocycles. The van der Waals surface area contributed by atoms with E-state index in [1.165, 1.54) is 16.8 Å².